The van der Waals surface area contributed by atoms with Crippen LogP contribution in [0.4, 0.5) is 0 Å². The van der Waals surface area contributed by atoms with Gasteiger partial charge in [0.15, 0.2) is 0 Å². The maximum absolute atomic E-state index is 3.61. The van der Waals surface area contributed by atoms with Crippen LogP contribution in [0.3, 0.4) is 0 Å². The van der Waals surface area contributed by atoms with Crippen LogP contribution in [-0.4, -0.2) is 12.3 Å². The summed E-state index contributed by atoms with van der Waals surface area (Å²) >= 11 is 3.80. The molecule has 0 aliphatic rings. The molecule has 1 atom stereocenters. The Hall–Kier alpha value is -0.770. The van der Waals surface area contributed by atoms with E-state index >= 15 is 0 Å². The van der Waals surface area contributed by atoms with E-state index in [-0.39, 0.29) is 0 Å². The molecule has 0 fully saturated rings. The summed E-state index contributed by atoms with van der Waals surface area (Å²) in [7, 11) is 0. The Morgan fingerprint density at radius 2 is 1.95 bits per heavy atom. The first-order valence-corrected chi connectivity index (χ1v) is 8.45. The maximum Gasteiger partial charge on any atom is 0.0303 e. The number of hydrogen-bond acceptors (Lipinski definition) is 3. The van der Waals surface area contributed by atoms with Crippen LogP contribution in [0.2, 0.25) is 0 Å². The van der Waals surface area contributed by atoms with Crippen LogP contribution in [-0.2, 0) is 0 Å². The lowest BCUT2D eigenvalue weighted by Crippen LogP contribution is -2.21. The zero-order chi connectivity index (χ0) is 13.7. The summed E-state index contributed by atoms with van der Waals surface area (Å²) < 4.78 is 0. The van der Waals surface area contributed by atoms with Crippen molar-refractivity contribution in [3.8, 4) is 0 Å². The molecular formula is C16H21NS2. The molecule has 0 bridgehead atoms. The van der Waals surface area contributed by atoms with Gasteiger partial charge in [-0.15, -0.1) is 23.1 Å². The monoisotopic (exact) mass is 291 g/mol. The molecule has 0 saturated heterocycles. The highest BCUT2D eigenvalue weighted by Gasteiger charge is 2.10. The number of rotatable bonds is 6. The molecule has 0 aliphatic carbocycles. The van der Waals surface area contributed by atoms with Crippen LogP contribution in [0.15, 0.2) is 41.3 Å². The molecule has 1 aromatic heterocycles. The predicted octanol–water partition coefficient (Wildman–Crippen LogP) is 4.81. The number of thiophene rings is 1. The van der Waals surface area contributed by atoms with Gasteiger partial charge in [-0.25, -0.2) is 0 Å². The van der Waals surface area contributed by atoms with Gasteiger partial charge in [0.2, 0.25) is 0 Å². The van der Waals surface area contributed by atoms with Crippen molar-refractivity contribution in [2.75, 3.05) is 12.3 Å². The SMILES string of the molecule is Cc1cc(C(C)NCCSc2ccccc2)c(C)s1. The average molecular weight is 291 g/mol. The van der Waals surface area contributed by atoms with Gasteiger partial charge in [-0.05, 0) is 44.5 Å². The van der Waals surface area contributed by atoms with Crippen molar-refractivity contribution in [3.63, 3.8) is 0 Å². The molecule has 1 nitrogen and oxygen atoms in total. The molecule has 1 N–H and O–H groups in total. The molecule has 1 heterocycles. The van der Waals surface area contributed by atoms with Crippen molar-refractivity contribution >= 4 is 23.1 Å². The lowest BCUT2D eigenvalue weighted by molar-refractivity contribution is 0.600. The van der Waals surface area contributed by atoms with E-state index in [1.54, 1.807) is 0 Å². The Morgan fingerprint density at radius 1 is 1.21 bits per heavy atom. The van der Waals surface area contributed by atoms with Gasteiger partial charge in [-0.3, -0.25) is 0 Å². The van der Waals surface area contributed by atoms with E-state index in [0.29, 0.717) is 6.04 Å². The summed E-state index contributed by atoms with van der Waals surface area (Å²) in [6.07, 6.45) is 0. The Labute approximate surface area is 124 Å². The van der Waals surface area contributed by atoms with Gasteiger partial charge in [-0.2, -0.15) is 0 Å². The van der Waals surface area contributed by atoms with E-state index in [0.717, 1.165) is 12.3 Å². The molecule has 19 heavy (non-hydrogen) atoms. The normalized spacial score (nSPS) is 12.6. The number of nitrogens with one attached hydrogen (secondary N) is 1. The van der Waals surface area contributed by atoms with E-state index in [1.807, 2.05) is 23.1 Å². The first-order chi connectivity index (χ1) is 9.16. The molecule has 3 heteroatoms. The minimum Gasteiger partial charge on any atom is -0.309 e. The van der Waals surface area contributed by atoms with Crippen molar-refractivity contribution in [3.05, 3.63) is 51.7 Å². The minimum absolute atomic E-state index is 0.446. The van der Waals surface area contributed by atoms with Crippen LogP contribution in [0.25, 0.3) is 0 Å². The minimum atomic E-state index is 0.446. The van der Waals surface area contributed by atoms with Crippen LogP contribution in [0.1, 0.15) is 28.3 Å². The fraction of sp³-hybridized carbons (Fsp3) is 0.375. The third-order valence-corrected chi connectivity index (χ3v) is 5.11. The zero-order valence-corrected chi connectivity index (χ0v) is 13.4. The number of benzene rings is 1. The molecule has 102 valence electrons. The van der Waals surface area contributed by atoms with Crippen LogP contribution >= 0.6 is 23.1 Å². The van der Waals surface area contributed by atoms with Gasteiger partial charge in [0, 0.05) is 33.0 Å². The van der Waals surface area contributed by atoms with Crippen molar-refractivity contribution in [1.82, 2.24) is 5.32 Å². The second kappa shape index (κ2) is 7.13. The lowest BCUT2D eigenvalue weighted by atomic mass is 10.1. The Kier molecular flexibility index (Phi) is 5.49. The smallest absolute Gasteiger partial charge is 0.0303 e. The molecule has 2 rings (SSSR count). The molecule has 2 aromatic rings. The Bertz CT molecular complexity index is 505. The zero-order valence-electron chi connectivity index (χ0n) is 11.8. The summed E-state index contributed by atoms with van der Waals surface area (Å²) in [4.78, 5) is 4.19. The Morgan fingerprint density at radius 3 is 2.58 bits per heavy atom. The van der Waals surface area contributed by atoms with E-state index in [1.165, 1.54) is 20.2 Å². The molecular weight excluding hydrogens is 270 g/mol. The largest absolute Gasteiger partial charge is 0.309 e. The third kappa shape index (κ3) is 4.37. The van der Waals surface area contributed by atoms with Gasteiger partial charge in [0.1, 0.15) is 0 Å². The molecule has 1 aromatic carbocycles. The summed E-state index contributed by atoms with van der Waals surface area (Å²) in [5.74, 6) is 1.11. The van der Waals surface area contributed by atoms with Gasteiger partial charge >= 0.3 is 0 Å². The molecule has 0 spiro atoms. The fourth-order valence-electron chi connectivity index (χ4n) is 2.15. The number of aryl methyl sites for hydroxylation is 2. The van der Waals surface area contributed by atoms with Crippen LogP contribution in [0, 0.1) is 13.8 Å². The molecule has 0 radical (unpaired) electrons. The molecule has 0 aliphatic heterocycles. The van der Waals surface area contributed by atoms with Gasteiger partial charge < -0.3 is 5.32 Å². The summed E-state index contributed by atoms with van der Waals surface area (Å²) in [5.41, 5.74) is 1.45. The average Bonchev–Trinajstić information content (AvgIpc) is 2.75. The summed E-state index contributed by atoms with van der Waals surface area (Å²) in [6, 6.07) is 13.3. The van der Waals surface area contributed by atoms with Gasteiger partial charge in [0.05, 0.1) is 0 Å². The molecule has 0 saturated carbocycles. The predicted molar refractivity (Wildman–Crippen MR) is 87.4 cm³/mol. The van der Waals surface area contributed by atoms with Crippen LogP contribution < -0.4 is 5.32 Å². The number of hydrogen-bond donors (Lipinski definition) is 1. The standard InChI is InChI=1S/C16H21NS2/c1-12-11-16(14(3)19-12)13(2)17-9-10-18-15-7-5-4-6-8-15/h4-8,11,13,17H,9-10H2,1-3H3. The van der Waals surface area contributed by atoms with E-state index in [2.05, 4.69) is 62.5 Å². The number of thioether (sulfide) groups is 1. The van der Waals surface area contributed by atoms with Crippen LogP contribution in [0.5, 0.6) is 0 Å². The Balaban J connectivity index is 1.75. The highest BCUT2D eigenvalue weighted by atomic mass is 32.2. The summed E-state index contributed by atoms with van der Waals surface area (Å²) in [6.45, 7) is 7.68. The lowest BCUT2D eigenvalue weighted by Gasteiger charge is -2.13. The summed E-state index contributed by atoms with van der Waals surface area (Å²) in [5, 5.41) is 3.61. The highest BCUT2D eigenvalue weighted by Crippen LogP contribution is 2.26. The highest BCUT2D eigenvalue weighted by molar-refractivity contribution is 7.99. The van der Waals surface area contributed by atoms with Gasteiger partial charge in [0.25, 0.3) is 0 Å². The first kappa shape index (κ1) is 14.6. The second-order valence-corrected chi connectivity index (χ2v) is 7.33. The molecule has 0 amide bonds. The van der Waals surface area contributed by atoms with Crippen molar-refractivity contribution in [2.45, 2.75) is 31.7 Å². The van der Waals surface area contributed by atoms with E-state index in [9.17, 15) is 0 Å². The van der Waals surface area contributed by atoms with Crippen molar-refractivity contribution < 1.29 is 0 Å². The second-order valence-electron chi connectivity index (χ2n) is 4.71. The first-order valence-electron chi connectivity index (χ1n) is 6.65. The third-order valence-electron chi connectivity index (χ3n) is 3.11. The maximum atomic E-state index is 3.61. The van der Waals surface area contributed by atoms with Crippen molar-refractivity contribution in [1.29, 1.82) is 0 Å². The van der Waals surface area contributed by atoms with Crippen molar-refractivity contribution in [2.24, 2.45) is 0 Å². The van der Waals surface area contributed by atoms with Gasteiger partial charge in [-0.1, -0.05) is 18.2 Å². The fourth-order valence-corrected chi connectivity index (χ4v) is 3.98. The quantitative estimate of drug-likeness (QED) is 0.605. The van der Waals surface area contributed by atoms with E-state index < -0.39 is 0 Å². The molecule has 1 unspecified atom stereocenters. The topological polar surface area (TPSA) is 12.0 Å². The van der Waals surface area contributed by atoms with E-state index in [4.69, 9.17) is 0 Å².